The van der Waals surface area contributed by atoms with Gasteiger partial charge in [-0.25, -0.2) is 4.98 Å². The van der Waals surface area contributed by atoms with E-state index in [2.05, 4.69) is 27.8 Å². The lowest BCUT2D eigenvalue weighted by atomic mass is 10.3. The third-order valence-corrected chi connectivity index (χ3v) is 4.23. The molecule has 104 valence electrons. The molecule has 0 amide bonds. The monoisotopic (exact) mass is 306 g/mol. The van der Waals surface area contributed by atoms with Gasteiger partial charge >= 0.3 is 0 Å². The van der Waals surface area contributed by atoms with Crippen LogP contribution >= 0.6 is 22.9 Å². The van der Waals surface area contributed by atoms with Crippen LogP contribution in [0, 0.1) is 0 Å². The van der Waals surface area contributed by atoms with Crippen molar-refractivity contribution in [3.63, 3.8) is 0 Å². The Bertz CT molecular complexity index is 697. The van der Waals surface area contributed by atoms with E-state index in [1.54, 1.807) is 11.3 Å². The van der Waals surface area contributed by atoms with Crippen molar-refractivity contribution < 1.29 is 0 Å². The molecule has 0 unspecified atom stereocenters. The zero-order chi connectivity index (χ0) is 13.9. The second-order valence-corrected chi connectivity index (χ2v) is 6.31. The Hall–Kier alpha value is -1.59. The Morgan fingerprint density at radius 3 is 3.00 bits per heavy atom. The summed E-state index contributed by atoms with van der Waals surface area (Å²) in [5, 5.41) is 4.36. The van der Waals surface area contributed by atoms with Gasteiger partial charge in [-0.05, 0) is 18.6 Å². The molecule has 0 saturated heterocycles. The molecule has 3 aromatic heterocycles. The minimum absolute atomic E-state index is 0.772. The van der Waals surface area contributed by atoms with Gasteiger partial charge in [-0.15, -0.1) is 11.3 Å². The van der Waals surface area contributed by atoms with Crippen molar-refractivity contribution >= 4 is 22.9 Å². The maximum Gasteiger partial charge on any atom is 0.150 e. The summed E-state index contributed by atoms with van der Waals surface area (Å²) < 4.78 is 4.88. The number of rotatable bonds is 5. The molecule has 3 aromatic rings. The largest absolute Gasteiger partial charge is 0.326 e. The summed E-state index contributed by atoms with van der Waals surface area (Å²) in [6.45, 7) is 3.88. The molecule has 0 aliphatic carbocycles. The second kappa shape index (κ2) is 5.81. The zero-order valence-corrected chi connectivity index (χ0v) is 12.7. The first-order valence-electron chi connectivity index (χ1n) is 6.54. The van der Waals surface area contributed by atoms with Crippen LogP contribution in [-0.2, 0) is 13.1 Å². The highest BCUT2D eigenvalue weighted by atomic mass is 35.5. The van der Waals surface area contributed by atoms with E-state index in [9.17, 15) is 0 Å². The molecule has 0 aromatic carbocycles. The van der Waals surface area contributed by atoms with Gasteiger partial charge in [0.25, 0.3) is 0 Å². The predicted octanol–water partition coefficient (Wildman–Crippen LogP) is 3.92. The van der Waals surface area contributed by atoms with Gasteiger partial charge in [0, 0.05) is 30.7 Å². The van der Waals surface area contributed by atoms with Crippen molar-refractivity contribution in [1.29, 1.82) is 0 Å². The maximum absolute atomic E-state index is 6.00. The highest BCUT2D eigenvalue weighted by Crippen LogP contribution is 2.30. The molecule has 0 fully saturated rings. The minimum Gasteiger partial charge on any atom is -0.326 e. The molecule has 6 heteroatoms. The average Bonchev–Trinajstić information content (AvgIpc) is 3.12. The first-order valence-corrected chi connectivity index (χ1v) is 7.74. The van der Waals surface area contributed by atoms with Crippen molar-refractivity contribution in [2.45, 2.75) is 26.4 Å². The number of aromatic nitrogens is 4. The minimum atomic E-state index is 0.772. The molecule has 0 N–H and O–H groups in total. The predicted molar refractivity (Wildman–Crippen MR) is 82.2 cm³/mol. The molecule has 0 aliphatic heterocycles. The van der Waals surface area contributed by atoms with Crippen molar-refractivity contribution in [3.8, 4) is 10.7 Å². The molecule has 3 rings (SSSR count). The van der Waals surface area contributed by atoms with Crippen LogP contribution in [0.1, 0.15) is 18.9 Å². The van der Waals surface area contributed by atoms with E-state index in [-0.39, 0.29) is 0 Å². The van der Waals surface area contributed by atoms with E-state index in [4.69, 9.17) is 11.6 Å². The molecule has 0 atom stereocenters. The van der Waals surface area contributed by atoms with E-state index >= 15 is 0 Å². The van der Waals surface area contributed by atoms with Gasteiger partial charge < -0.3 is 4.57 Å². The van der Waals surface area contributed by atoms with Crippen LogP contribution in [0.2, 0.25) is 4.34 Å². The fourth-order valence-corrected chi connectivity index (χ4v) is 3.19. The van der Waals surface area contributed by atoms with E-state index in [0.717, 1.165) is 34.5 Å². The number of imidazole rings is 1. The SMILES string of the molecule is CCCn1cc(Cn2ccnc2-c2ccc(Cl)s2)cn1. The number of hydrogen-bond donors (Lipinski definition) is 0. The fraction of sp³-hybridized carbons (Fsp3) is 0.286. The maximum atomic E-state index is 6.00. The van der Waals surface area contributed by atoms with Crippen molar-refractivity contribution in [2.24, 2.45) is 0 Å². The molecule has 3 heterocycles. The van der Waals surface area contributed by atoms with Gasteiger partial charge in [0.05, 0.1) is 22.0 Å². The molecule has 20 heavy (non-hydrogen) atoms. The first kappa shape index (κ1) is 13.4. The Labute approximate surface area is 126 Å². The third-order valence-electron chi connectivity index (χ3n) is 3.00. The Balaban J connectivity index is 1.82. The van der Waals surface area contributed by atoms with Crippen LogP contribution in [0.4, 0.5) is 0 Å². The molecular formula is C14H15ClN4S. The smallest absolute Gasteiger partial charge is 0.150 e. The van der Waals surface area contributed by atoms with Crippen LogP contribution in [0.5, 0.6) is 0 Å². The van der Waals surface area contributed by atoms with Crippen LogP contribution in [0.15, 0.2) is 36.9 Å². The number of aryl methyl sites for hydroxylation is 1. The van der Waals surface area contributed by atoms with Crippen molar-refractivity contribution in [3.05, 3.63) is 46.8 Å². The van der Waals surface area contributed by atoms with Crippen molar-refractivity contribution in [2.75, 3.05) is 0 Å². The van der Waals surface area contributed by atoms with E-state index < -0.39 is 0 Å². The molecular weight excluding hydrogens is 292 g/mol. The molecule has 4 nitrogen and oxygen atoms in total. The summed E-state index contributed by atoms with van der Waals surface area (Å²) >= 11 is 7.54. The Morgan fingerprint density at radius 2 is 2.25 bits per heavy atom. The fourth-order valence-electron chi connectivity index (χ4n) is 2.13. The lowest BCUT2D eigenvalue weighted by Crippen LogP contribution is -2.00. The lowest BCUT2D eigenvalue weighted by Gasteiger charge is -2.04. The van der Waals surface area contributed by atoms with Gasteiger partial charge in [0.2, 0.25) is 0 Å². The van der Waals surface area contributed by atoms with Crippen LogP contribution in [0.25, 0.3) is 10.7 Å². The molecule has 0 saturated carbocycles. The summed E-state index contributed by atoms with van der Waals surface area (Å²) in [6, 6.07) is 3.91. The first-order chi connectivity index (χ1) is 9.76. The molecule has 0 spiro atoms. The number of halogens is 1. The van der Waals surface area contributed by atoms with Gasteiger partial charge in [0.15, 0.2) is 0 Å². The van der Waals surface area contributed by atoms with Crippen molar-refractivity contribution in [1.82, 2.24) is 19.3 Å². The van der Waals surface area contributed by atoms with E-state index in [1.807, 2.05) is 35.4 Å². The topological polar surface area (TPSA) is 35.6 Å². The highest BCUT2D eigenvalue weighted by molar-refractivity contribution is 7.19. The summed E-state index contributed by atoms with van der Waals surface area (Å²) in [5.41, 5.74) is 1.18. The standard InChI is InChI=1S/C14H15ClN4S/c1-2-6-19-10-11(8-17-19)9-18-7-5-16-14(18)12-3-4-13(15)20-12/h3-5,7-8,10H,2,6,9H2,1H3. The van der Waals surface area contributed by atoms with Crippen LogP contribution < -0.4 is 0 Å². The summed E-state index contributed by atoms with van der Waals surface area (Å²) in [4.78, 5) is 5.51. The van der Waals surface area contributed by atoms with Gasteiger partial charge in [-0.1, -0.05) is 18.5 Å². The van der Waals surface area contributed by atoms with Gasteiger partial charge in [-0.2, -0.15) is 5.10 Å². The summed E-state index contributed by atoms with van der Waals surface area (Å²) in [6.07, 6.45) is 8.90. The second-order valence-electron chi connectivity index (χ2n) is 4.59. The molecule has 0 bridgehead atoms. The summed E-state index contributed by atoms with van der Waals surface area (Å²) in [5.74, 6) is 0.949. The normalized spacial score (nSPS) is 11.1. The van der Waals surface area contributed by atoms with E-state index in [1.165, 1.54) is 5.56 Å². The van der Waals surface area contributed by atoms with E-state index in [0.29, 0.717) is 0 Å². The number of thiophene rings is 1. The highest BCUT2D eigenvalue weighted by Gasteiger charge is 2.09. The quantitative estimate of drug-likeness (QED) is 0.716. The average molecular weight is 307 g/mol. The van der Waals surface area contributed by atoms with Gasteiger partial charge in [0.1, 0.15) is 5.82 Å². The molecule has 0 aliphatic rings. The Kier molecular flexibility index (Phi) is 3.89. The number of hydrogen-bond acceptors (Lipinski definition) is 3. The zero-order valence-electron chi connectivity index (χ0n) is 11.2. The number of nitrogens with zero attached hydrogens (tertiary/aromatic N) is 4. The third kappa shape index (κ3) is 2.78. The molecule has 0 radical (unpaired) electrons. The van der Waals surface area contributed by atoms with Crippen LogP contribution in [0.3, 0.4) is 0 Å². The summed E-state index contributed by atoms with van der Waals surface area (Å²) in [7, 11) is 0. The lowest BCUT2D eigenvalue weighted by molar-refractivity contribution is 0.602. The van der Waals surface area contributed by atoms with Gasteiger partial charge in [-0.3, -0.25) is 4.68 Å². The Morgan fingerprint density at radius 1 is 1.35 bits per heavy atom. The van der Waals surface area contributed by atoms with Crippen LogP contribution in [-0.4, -0.2) is 19.3 Å².